The average Bonchev–Trinajstić information content (AvgIpc) is 3.00. The number of imidazole rings is 1. The van der Waals surface area contributed by atoms with Crippen LogP contribution in [0.1, 0.15) is 5.69 Å². The van der Waals surface area contributed by atoms with Crippen molar-refractivity contribution >= 4 is 27.6 Å². The number of fused-ring (bicyclic) bond motifs is 1. The summed E-state index contributed by atoms with van der Waals surface area (Å²) in [6.45, 7) is 2.59. The van der Waals surface area contributed by atoms with Crippen LogP contribution < -0.4 is 5.32 Å². The van der Waals surface area contributed by atoms with Crippen LogP contribution in [0.4, 0.5) is 5.00 Å². The largest absolute Gasteiger partial charge is 0.395 e. The number of aliphatic hydroxyl groups is 1. The second-order valence-electron chi connectivity index (χ2n) is 4.52. The molecule has 104 valence electrons. The molecule has 2 aromatic heterocycles. The van der Waals surface area contributed by atoms with Crippen molar-refractivity contribution in [1.29, 1.82) is 0 Å². The number of aryl methyl sites for hydroxylation is 1. The summed E-state index contributed by atoms with van der Waals surface area (Å²) in [6.07, 6.45) is 0. The first-order chi connectivity index (χ1) is 9.76. The number of nitrogens with zero attached hydrogens (tertiary/aromatic N) is 3. The quantitative estimate of drug-likeness (QED) is 0.774. The summed E-state index contributed by atoms with van der Waals surface area (Å²) in [4.78, 5) is 4.72. The van der Waals surface area contributed by atoms with E-state index >= 15 is 0 Å². The summed E-state index contributed by atoms with van der Waals surface area (Å²) in [5, 5.41) is 13.5. The molecular weight excluding hydrogens is 272 g/mol. The highest BCUT2D eigenvalue weighted by Crippen LogP contribution is 2.35. The molecule has 3 aromatic rings. The van der Waals surface area contributed by atoms with Crippen LogP contribution in [-0.2, 0) is 6.54 Å². The van der Waals surface area contributed by atoms with Gasteiger partial charge in [0.15, 0.2) is 0 Å². The van der Waals surface area contributed by atoms with Crippen molar-refractivity contribution in [3.63, 3.8) is 0 Å². The maximum atomic E-state index is 9.34. The lowest BCUT2D eigenvalue weighted by Gasteiger charge is -2.08. The molecule has 6 heteroatoms. The number of aromatic nitrogens is 3. The van der Waals surface area contributed by atoms with Gasteiger partial charge in [0.1, 0.15) is 10.8 Å². The molecule has 0 atom stereocenters. The number of aliphatic hydroxyl groups excluding tert-OH is 1. The van der Waals surface area contributed by atoms with Gasteiger partial charge in [-0.25, -0.2) is 4.98 Å². The van der Waals surface area contributed by atoms with Crippen LogP contribution in [0, 0.1) is 6.92 Å². The Bertz CT molecular complexity index is 747. The Balaban J connectivity index is 2.29. The molecule has 0 saturated carbocycles. The molecule has 2 N–H and O–H groups in total. The van der Waals surface area contributed by atoms with Gasteiger partial charge in [-0.2, -0.15) is 4.37 Å². The van der Waals surface area contributed by atoms with Crippen LogP contribution in [0.15, 0.2) is 24.3 Å². The number of hydrogen-bond acceptors (Lipinski definition) is 5. The van der Waals surface area contributed by atoms with Crippen LogP contribution in [-0.4, -0.2) is 32.7 Å². The van der Waals surface area contributed by atoms with Crippen LogP contribution in [0.25, 0.3) is 22.4 Å². The summed E-state index contributed by atoms with van der Waals surface area (Å²) >= 11 is 1.43. The zero-order valence-electron chi connectivity index (χ0n) is 11.4. The summed E-state index contributed by atoms with van der Waals surface area (Å²) in [6, 6.07) is 7.97. The molecular formula is C14H16N4OS. The maximum Gasteiger partial charge on any atom is 0.146 e. The molecule has 0 aliphatic heterocycles. The first kappa shape index (κ1) is 13.1. The van der Waals surface area contributed by atoms with Gasteiger partial charge in [-0.05, 0) is 30.6 Å². The fourth-order valence-corrected chi connectivity index (χ4v) is 3.14. The van der Waals surface area contributed by atoms with Crippen molar-refractivity contribution in [2.75, 3.05) is 19.0 Å². The number of rotatable bonds is 4. The molecule has 0 aliphatic rings. The zero-order chi connectivity index (χ0) is 14.1. The number of para-hydroxylation sites is 2. The van der Waals surface area contributed by atoms with Gasteiger partial charge in [-0.15, -0.1) is 0 Å². The van der Waals surface area contributed by atoms with E-state index in [2.05, 4.69) is 9.69 Å². The van der Waals surface area contributed by atoms with Crippen molar-refractivity contribution in [2.45, 2.75) is 13.5 Å². The molecule has 0 fully saturated rings. The van der Waals surface area contributed by atoms with Crippen molar-refractivity contribution in [3.05, 3.63) is 30.0 Å². The minimum Gasteiger partial charge on any atom is -0.395 e. The standard InChI is InChI=1S/C14H16N4OS/c1-9-12(14(15-2)20-17-9)13-16-10-5-3-4-6-11(10)18(13)7-8-19/h3-6,15,19H,7-8H2,1-2H3. The number of nitrogens with one attached hydrogen (secondary N) is 1. The minimum atomic E-state index is 0.0822. The molecule has 0 saturated heterocycles. The fourth-order valence-electron chi connectivity index (χ4n) is 2.40. The summed E-state index contributed by atoms with van der Waals surface area (Å²) < 4.78 is 6.45. The Morgan fingerprint density at radius 3 is 2.90 bits per heavy atom. The van der Waals surface area contributed by atoms with Gasteiger partial charge in [0.05, 0.1) is 28.9 Å². The third-order valence-corrected chi connectivity index (χ3v) is 4.25. The molecule has 0 aliphatic carbocycles. The van der Waals surface area contributed by atoms with Crippen molar-refractivity contribution < 1.29 is 5.11 Å². The fraction of sp³-hybridized carbons (Fsp3) is 0.286. The number of anilines is 1. The Hall–Kier alpha value is -1.92. The maximum absolute atomic E-state index is 9.34. The minimum absolute atomic E-state index is 0.0822. The molecule has 0 radical (unpaired) electrons. The number of benzene rings is 1. The first-order valence-electron chi connectivity index (χ1n) is 6.46. The van der Waals surface area contributed by atoms with Gasteiger partial charge in [-0.1, -0.05) is 12.1 Å². The topological polar surface area (TPSA) is 63.0 Å². The lowest BCUT2D eigenvalue weighted by Crippen LogP contribution is -2.05. The highest BCUT2D eigenvalue weighted by molar-refractivity contribution is 7.10. The van der Waals surface area contributed by atoms with E-state index in [0.29, 0.717) is 6.54 Å². The van der Waals surface area contributed by atoms with Crippen LogP contribution >= 0.6 is 11.5 Å². The SMILES string of the molecule is CNc1snc(C)c1-c1nc2ccccc2n1CCO. The van der Waals surface area contributed by atoms with Gasteiger partial charge < -0.3 is 15.0 Å². The van der Waals surface area contributed by atoms with Crippen molar-refractivity contribution in [1.82, 2.24) is 13.9 Å². The third kappa shape index (κ3) is 1.97. The van der Waals surface area contributed by atoms with Crippen LogP contribution in [0.2, 0.25) is 0 Å². The molecule has 2 heterocycles. The van der Waals surface area contributed by atoms with Gasteiger partial charge in [-0.3, -0.25) is 0 Å². The van der Waals surface area contributed by atoms with Crippen molar-refractivity contribution in [3.8, 4) is 11.4 Å². The lowest BCUT2D eigenvalue weighted by atomic mass is 10.2. The molecule has 0 amide bonds. The Labute approximate surface area is 121 Å². The monoisotopic (exact) mass is 288 g/mol. The van der Waals surface area contributed by atoms with Gasteiger partial charge in [0.25, 0.3) is 0 Å². The Morgan fingerprint density at radius 2 is 2.15 bits per heavy atom. The molecule has 0 spiro atoms. The van der Waals surface area contributed by atoms with Crippen LogP contribution in [0.5, 0.6) is 0 Å². The van der Waals surface area contributed by atoms with Crippen LogP contribution in [0.3, 0.4) is 0 Å². The molecule has 0 bridgehead atoms. The molecule has 1 aromatic carbocycles. The van der Waals surface area contributed by atoms with E-state index in [1.54, 1.807) is 0 Å². The molecule has 20 heavy (non-hydrogen) atoms. The normalized spacial score (nSPS) is 11.2. The molecule has 0 unspecified atom stereocenters. The van der Waals surface area contributed by atoms with Gasteiger partial charge in [0, 0.05) is 13.6 Å². The number of hydrogen-bond donors (Lipinski definition) is 2. The summed E-state index contributed by atoms with van der Waals surface area (Å²) in [5.41, 5.74) is 3.93. The Morgan fingerprint density at radius 1 is 1.35 bits per heavy atom. The van der Waals surface area contributed by atoms with E-state index < -0.39 is 0 Å². The van der Waals surface area contributed by atoms with Gasteiger partial charge in [0.2, 0.25) is 0 Å². The predicted octanol–water partition coefficient (Wildman–Crippen LogP) is 2.50. The highest BCUT2D eigenvalue weighted by atomic mass is 32.1. The van der Waals surface area contributed by atoms with E-state index in [1.807, 2.05) is 42.8 Å². The van der Waals surface area contributed by atoms with Crippen molar-refractivity contribution in [2.24, 2.45) is 0 Å². The smallest absolute Gasteiger partial charge is 0.146 e. The van der Waals surface area contributed by atoms with E-state index in [9.17, 15) is 5.11 Å². The van der Waals surface area contributed by atoms with E-state index in [-0.39, 0.29) is 6.61 Å². The van der Waals surface area contributed by atoms with E-state index in [4.69, 9.17) is 4.98 Å². The van der Waals surface area contributed by atoms with Gasteiger partial charge >= 0.3 is 0 Å². The van der Waals surface area contributed by atoms with E-state index in [1.165, 1.54) is 11.5 Å². The lowest BCUT2D eigenvalue weighted by molar-refractivity contribution is 0.278. The molecule has 3 rings (SSSR count). The average molecular weight is 288 g/mol. The first-order valence-corrected chi connectivity index (χ1v) is 7.24. The second-order valence-corrected chi connectivity index (χ2v) is 5.29. The summed E-state index contributed by atoms with van der Waals surface area (Å²) in [5.74, 6) is 0.857. The Kier molecular flexibility index (Phi) is 3.42. The third-order valence-electron chi connectivity index (χ3n) is 3.29. The zero-order valence-corrected chi connectivity index (χ0v) is 12.2. The predicted molar refractivity (Wildman–Crippen MR) is 82.2 cm³/mol. The highest BCUT2D eigenvalue weighted by Gasteiger charge is 2.19. The summed E-state index contributed by atoms with van der Waals surface area (Å²) in [7, 11) is 1.88. The molecule has 5 nitrogen and oxygen atoms in total. The second kappa shape index (κ2) is 5.22. The van der Waals surface area contributed by atoms with E-state index in [0.717, 1.165) is 33.1 Å².